The quantitative estimate of drug-likeness (QED) is 0.189. The summed E-state index contributed by atoms with van der Waals surface area (Å²) < 4.78 is 3.90. The lowest BCUT2D eigenvalue weighted by atomic mass is 9.98. The lowest BCUT2D eigenvalue weighted by Gasteiger charge is -2.37. The summed E-state index contributed by atoms with van der Waals surface area (Å²) in [6, 6.07) is 15.5. The maximum absolute atomic E-state index is 7.42. The Hall–Kier alpha value is -3.32. The number of fused-ring (bicyclic) bond motifs is 1. The average Bonchev–Trinajstić information content (AvgIpc) is 3.22. The van der Waals surface area contributed by atoms with Gasteiger partial charge in [-0.3, -0.25) is 5.41 Å². The van der Waals surface area contributed by atoms with E-state index in [0.717, 1.165) is 32.5 Å². The van der Waals surface area contributed by atoms with Gasteiger partial charge < -0.3 is 20.9 Å². The molecule has 0 saturated heterocycles. The molecule has 1 aromatic heterocycles. The zero-order valence-corrected chi connectivity index (χ0v) is 21.5. The molecule has 0 radical (unpaired) electrons. The van der Waals surface area contributed by atoms with E-state index in [2.05, 4.69) is 88.3 Å². The minimum atomic E-state index is 0.0353. The van der Waals surface area contributed by atoms with E-state index in [9.17, 15) is 0 Å². The largest absolute Gasteiger partial charge is 0.370 e. The Morgan fingerprint density at radius 1 is 1.23 bits per heavy atom. The van der Waals surface area contributed by atoms with Gasteiger partial charge in [0.05, 0.1) is 0 Å². The molecule has 2 aliphatic heterocycles. The molecule has 0 spiro atoms. The molecule has 0 unspecified atom stereocenters. The van der Waals surface area contributed by atoms with Crippen LogP contribution in [0.5, 0.6) is 0 Å². The number of para-hydroxylation sites is 2. The molecule has 0 saturated carbocycles. The number of guanidine groups is 1. The lowest BCUT2D eigenvalue weighted by molar-refractivity contribution is -0.671. The summed E-state index contributed by atoms with van der Waals surface area (Å²) in [5.41, 5.74) is 12.1. The Kier molecular flexibility index (Phi) is 6.77. The summed E-state index contributed by atoms with van der Waals surface area (Å²) in [5, 5.41) is 11.7. The first-order valence-electron chi connectivity index (χ1n) is 12.6. The smallest absolute Gasteiger partial charge is 0.263 e. The van der Waals surface area contributed by atoms with Crippen LogP contribution in [-0.4, -0.2) is 37.5 Å². The highest BCUT2D eigenvalue weighted by molar-refractivity contribution is 7.19. The maximum Gasteiger partial charge on any atom is 0.263 e. The minimum Gasteiger partial charge on any atom is -0.370 e. The fourth-order valence-corrected chi connectivity index (χ4v) is 6.49. The van der Waals surface area contributed by atoms with Gasteiger partial charge in [0.2, 0.25) is 5.52 Å². The van der Waals surface area contributed by atoms with Crippen molar-refractivity contribution in [2.45, 2.75) is 39.2 Å². The lowest BCUT2D eigenvalue weighted by Crippen LogP contribution is -2.39. The highest BCUT2D eigenvalue weighted by atomic mass is 32.1. The van der Waals surface area contributed by atoms with E-state index in [0.29, 0.717) is 6.54 Å². The Morgan fingerprint density at radius 2 is 2.09 bits per heavy atom. The van der Waals surface area contributed by atoms with Gasteiger partial charge in [-0.1, -0.05) is 48.6 Å². The number of allylic oxidation sites excluding steroid dienone is 2. The molecule has 182 valence electrons. The SMILES string of the molecule is CCCN(CCCNC(=N)N)C1=CC(=Cc2sc3cccc4c3[n+]2CCC4)c2ccccc2N1C. The first-order chi connectivity index (χ1) is 17.1. The van der Waals surface area contributed by atoms with Crippen LogP contribution >= 0.6 is 11.3 Å². The Morgan fingerprint density at radius 3 is 2.91 bits per heavy atom. The number of hydrogen-bond acceptors (Lipinski definition) is 4. The monoisotopic (exact) mass is 487 g/mol. The fourth-order valence-electron chi connectivity index (χ4n) is 5.30. The van der Waals surface area contributed by atoms with Gasteiger partial charge in [-0.25, -0.2) is 0 Å². The zero-order chi connectivity index (χ0) is 24.4. The van der Waals surface area contributed by atoms with Crippen LogP contribution in [0.3, 0.4) is 0 Å². The minimum absolute atomic E-state index is 0.0353. The van der Waals surface area contributed by atoms with E-state index in [4.69, 9.17) is 11.1 Å². The first kappa shape index (κ1) is 23.4. The van der Waals surface area contributed by atoms with Crippen molar-refractivity contribution in [3.63, 3.8) is 0 Å². The van der Waals surface area contributed by atoms with Crippen molar-refractivity contribution in [1.29, 1.82) is 5.41 Å². The summed E-state index contributed by atoms with van der Waals surface area (Å²) in [6.45, 7) is 5.91. The van der Waals surface area contributed by atoms with Crippen molar-refractivity contribution in [1.82, 2.24) is 10.2 Å². The standard InChI is InChI=1S/C28H35N6S/c1-3-15-33(16-8-14-31-28(29)30)25-18-21(22-11-4-5-12-23(22)32(25)2)19-26-34-17-7-10-20-9-6-13-24(35-26)27(20)34/h4-6,9,11-13,18-19H,3,7-8,10,14-17H2,1-2H3,(H4,29,30,31)/q+1. The van der Waals surface area contributed by atoms with E-state index in [1.165, 1.54) is 56.3 Å². The topological polar surface area (TPSA) is 72.3 Å². The number of benzene rings is 2. The number of aromatic nitrogens is 1. The molecule has 0 amide bonds. The molecule has 6 nitrogen and oxygen atoms in total. The van der Waals surface area contributed by atoms with E-state index < -0.39 is 0 Å². The molecule has 7 heteroatoms. The number of rotatable bonds is 8. The van der Waals surface area contributed by atoms with Gasteiger partial charge in [0.25, 0.3) is 5.01 Å². The van der Waals surface area contributed by atoms with Gasteiger partial charge >= 0.3 is 0 Å². The number of thiazole rings is 1. The molecule has 2 aromatic carbocycles. The van der Waals surface area contributed by atoms with Crippen molar-refractivity contribution >= 4 is 44.8 Å². The second-order valence-corrected chi connectivity index (χ2v) is 10.4. The van der Waals surface area contributed by atoms with E-state index in [-0.39, 0.29) is 5.96 Å². The average molecular weight is 488 g/mol. The van der Waals surface area contributed by atoms with Crippen molar-refractivity contribution in [3.05, 3.63) is 70.5 Å². The molecule has 0 aliphatic carbocycles. The molecule has 2 aliphatic rings. The van der Waals surface area contributed by atoms with Gasteiger partial charge in [-0.05, 0) is 43.0 Å². The van der Waals surface area contributed by atoms with Crippen LogP contribution in [-0.2, 0) is 13.0 Å². The predicted molar refractivity (Wildman–Crippen MR) is 148 cm³/mol. The number of anilines is 1. The highest BCUT2D eigenvalue weighted by Crippen LogP contribution is 2.38. The first-order valence-corrected chi connectivity index (χ1v) is 13.4. The second kappa shape index (κ2) is 10.1. The van der Waals surface area contributed by atoms with Crippen LogP contribution < -0.4 is 20.5 Å². The maximum atomic E-state index is 7.42. The van der Waals surface area contributed by atoms with Gasteiger partial charge in [0.15, 0.2) is 12.5 Å². The van der Waals surface area contributed by atoms with Gasteiger partial charge in [0.1, 0.15) is 10.5 Å². The van der Waals surface area contributed by atoms with Gasteiger partial charge in [0, 0.05) is 56.0 Å². The molecule has 35 heavy (non-hydrogen) atoms. The second-order valence-electron chi connectivity index (χ2n) is 9.32. The molecule has 0 fully saturated rings. The molecule has 3 aromatic rings. The molecule has 4 N–H and O–H groups in total. The van der Waals surface area contributed by atoms with Crippen LogP contribution in [0.25, 0.3) is 21.9 Å². The van der Waals surface area contributed by atoms with Crippen molar-refractivity contribution < 1.29 is 4.57 Å². The number of nitrogens with two attached hydrogens (primary N) is 1. The molecular formula is C28H35N6S+. The summed E-state index contributed by atoms with van der Waals surface area (Å²) in [7, 11) is 2.17. The highest BCUT2D eigenvalue weighted by Gasteiger charge is 2.28. The normalized spacial score (nSPS) is 15.8. The van der Waals surface area contributed by atoms with Crippen molar-refractivity contribution in [2.75, 3.05) is 31.6 Å². The Bertz CT molecular complexity index is 1300. The molecule has 3 heterocycles. The van der Waals surface area contributed by atoms with E-state index in [1.807, 2.05) is 11.3 Å². The van der Waals surface area contributed by atoms with Crippen molar-refractivity contribution in [3.8, 4) is 0 Å². The summed E-state index contributed by atoms with van der Waals surface area (Å²) >= 11 is 1.90. The Balaban J connectivity index is 1.55. The van der Waals surface area contributed by atoms with Crippen LogP contribution in [0.4, 0.5) is 5.69 Å². The predicted octanol–water partition coefficient (Wildman–Crippen LogP) is 4.55. The summed E-state index contributed by atoms with van der Waals surface area (Å²) in [4.78, 5) is 4.78. The molecule has 0 atom stereocenters. The third-order valence-corrected chi connectivity index (χ3v) is 7.98. The summed E-state index contributed by atoms with van der Waals surface area (Å²) in [6.07, 6.45) is 9.12. The zero-order valence-electron chi connectivity index (χ0n) is 20.7. The van der Waals surface area contributed by atoms with Crippen LogP contribution in [0.15, 0.2) is 54.4 Å². The fraction of sp³-hybridized carbons (Fsp3) is 0.357. The van der Waals surface area contributed by atoms with E-state index >= 15 is 0 Å². The van der Waals surface area contributed by atoms with Gasteiger partial charge in [-0.15, -0.1) is 0 Å². The van der Waals surface area contributed by atoms with Gasteiger partial charge in [-0.2, -0.15) is 4.57 Å². The van der Waals surface area contributed by atoms with Crippen LogP contribution in [0.2, 0.25) is 0 Å². The molecule has 0 bridgehead atoms. The van der Waals surface area contributed by atoms with Crippen LogP contribution in [0.1, 0.15) is 42.3 Å². The van der Waals surface area contributed by atoms with Crippen molar-refractivity contribution in [2.24, 2.45) is 5.73 Å². The number of nitrogens with one attached hydrogen (secondary N) is 2. The third kappa shape index (κ3) is 4.65. The van der Waals surface area contributed by atoms with E-state index in [1.54, 1.807) is 0 Å². The number of hydrogen-bond donors (Lipinski definition) is 3. The summed E-state index contributed by atoms with van der Waals surface area (Å²) in [5.74, 6) is 1.26. The Labute approximate surface area is 211 Å². The molecule has 5 rings (SSSR count). The molecular weight excluding hydrogens is 452 g/mol. The number of aryl methyl sites for hydroxylation is 2. The van der Waals surface area contributed by atoms with Crippen LogP contribution in [0, 0.1) is 5.41 Å². The third-order valence-electron chi connectivity index (χ3n) is 6.88. The number of nitrogens with zero attached hydrogens (tertiary/aromatic N) is 3.